The first-order valence-electron chi connectivity index (χ1n) is 11.4. The van der Waals surface area contributed by atoms with E-state index in [1.807, 2.05) is 0 Å². The maximum absolute atomic E-state index is 13.2. The Hall–Kier alpha value is -4.11. The second-order valence-electron chi connectivity index (χ2n) is 8.51. The molecule has 2 heterocycles. The van der Waals surface area contributed by atoms with Gasteiger partial charge in [-0.05, 0) is 42.8 Å². The van der Waals surface area contributed by atoms with Crippen LogP contribution < -0.4 is 10.6 Å². The molecule has 3 amide bonds. The zero-order valence-electron chi connectivity index (χ0n) is 19.9. The predicted octanol–water partition coefficient (Wildman–Crippen LogP) is 3.07. The molecule has 206 valence electrons. The summed E-state index contributed by atoms with van der Waals surface area (Å²) in [5, 5.41) is 27.2. The molecule has 4 N–H and O–H groups in total. The highest BCUT2D eigenvalue weighted by atomic mass is 35.5. The topological polar surface area (TPSA) is 149 Å². The Bertz CT molecular complexity index is 1370. The number of urea groups is 1. The molecular formula is C23H21ClF4N8O3. The summed E-state index contributed by atoms with van der Waals surface area (Å²) in [5.74, 6) is -1.66. The van der Waals surface area contributed by atoms with Crippen molar-refractivity contribution in [2.45, 2.75) is 31.4 Å². The fourth-order valence-corrected chi connectivity index (χ4v) is 3.51. The van der Waals surface area contributed by atoms with E-state index in [4.69, 9.17) is 17.0 Å². The van der Waals surface area contributed by atoms with Gasteiger partial charge in [0.2, 0.25) is 5.91 Å². The highest BCUT2D eigenvalue weighted by Gasteiger charge is 2.44. The molecule has 0 spiro atoms. The first kappa shape index (κ1) is 27.9. The van der Waals surface area contributed by atoms with Crippen molar-refractivity contribution in [1.82, 2.24) is 30.0 Å². The van der Waals surface area contributed by atoms with Crippen LogP contribution in [0.1, 0.15) is 17.8 Å². The molecule has 1 fully saturated rings. The number of carbonyl (C=O) groups is 2. The Morgan fingerprint density at radius 2 is 1.92 bits per heavy atom. The lowest BCUT2D eigenvalue weighted by molar-refractivity contribution is -0.204. The minimum atomic E-state index is -5.03. The third kappa shape index (κ3) is 6.86. The lowest BCUT2D eigenvalue weighted by Gasteiger charge is -2.26. The molecule has 1 saturated carbocycles. The Morgan fingerprint density at radius 1 is 1.23 bits per heavy atom. The molecule has 3 atom stereocenters. The fraction of sp³-hybridized carbons (Fsp3) is 0.304. The summed E-state index contributed by atoms with van der Waals surface area (Å²) in [6.07, 6.45) is -6.33. The van der Waals surface area contributed by atoms with E-state index in [-0.39, 0.29) is 35.9 Å². The predicted molar refractivity (Wildman–Crippen MR) is 130 cm³/mol. The number of nitrogens with zero attached hydrogens (tertiary/aromatic N) is 5. The summed E-state index contributed by atoms with van der Waals surface area (Å²) in [6.45, 7) is -1.60. The van der Waals surface area contributed by atoms with Crippen LogP contribution in [0.2, 0.25) is 5.02 Å². The third-order valence-electron chi connectivity index (χ3n) is 5.61. The monoisotopic (exact) mass is 568 g/mol. The van der Waals surface area contributed by atoms with Gasteiger partial charge in [0.05, 0.1) is 24.7 Å². The molecule has 2 aromatic heterocycles. The fourth-order valence-electron chi connectivity index (χ4n) is 3.38. The highest BCUT2D eigenvalue weighted by molar-refractivity contribution is 6.30. The second-order valence-corrected chi connectivity index (χ2v) is 8.95. The van der Waals surface area contributed by atoms with Crippen LogP contribution in [-0.2, 0) is 11.3 Å². The van der Waals surface area contributed by atoms with E-state index in [0.29, 0.717) is 9.92 Å². The first-order chi connectivity index (χ1) is 18.4. The number of anilines is 1. The zero-order valence-corrected chi connectivity index (χ0v) is 20.6. The van der Waals surface area contributed by atoms with Crippen LogP contribution in [0, 0.1) is 11.3 Å². The molecule has 16 heteroatoms. The van der Waals surface area contributed by atoms with Gasteiger partial charge < -0.3 is 15.7 Å². The molecule has 1 aliphatic carbocycles. The van der Waals surface area contributed by atoms with E-state index in [9.17, 15) is 32.3 Å². The Balaban J connectivity index is 1.46. The average molecular weight is 569 g/mol. The summed E-state index contributed by atoms with van der Waals surface area (Å²) in [7, 11) is 0. The summed E-state index contributed by atoms with van der Waals surface area (Å²) in [5.41, 5.74) is 0.326. The van der Waals surface area contributed by atoms with Crippen molar-refractivity contribution in [3.8, 4) is 5.82 Å². The Labute approximate surface area is 223 Å². The Morgan fingerprint density at radius 3 is 2.56 bits per heavy atom. The maximum Gasteiger partial charge on any atom is 0.416 e. The number of hydrogen-bond donors (Lipinski definition) is 4. The summed E-state index contributed by atoms with van der Waals surface area (Å²) in [6, 6.07) is 7.44. The van der Waals surface area contributed by atoms with Gasteiger partial charge in [-0.1, -0.05) is 11.6 Å². The molecule has 1 aliphatic rings. The highest BCUT2D eigenvalue weighted by Crippen LogP contribution is 2.35. The number of rotatable bonds is 8. The van der Waals surface area contributed by atoms with Gasteiger partial charge in [-0.2, -0.15) is 13.2 Å². The number of hydrogen-bond acceptors (Lipinski definition) is 7. The number of aliphatic hydroxyl groups excluding tert-OH is 1. The number of alkyl halides is 4. The van der Waals surface area contributed by atoms with Gasteiger partial charge in [0, 0.05) is 16.8 Å². The summed E-state index contributed by atoms with van der Waals surface area (Å²) in [4.78, 5) is 33.6. The van der Waals surface area contributed by atoms with Crippen LogP contribution in [0.25, 0.3) is 5.82 Å². The molecule has 1 aromatic carbocycles. The molecule has 0 saturated heterocycles. The lowest BCUT2D eigenvalue weighted by Crippen LogP contribution is -2.50. The van der Waals surface area contributed by atoms with Crippen molar-refractivity contribution in [2.24, 2.45) is 5.92 Å². The number of aliphatic hydroxyl groups is 1. The molecular weight excluding hydrogens is 548 g/mol. The van der Waals surface area contributed by atoms with Crippen LogP contribution >= 0.6 is 11.6 Å². The smallest absolute Gasteiger partial charge is 0.382 e. The molecule has 0 aliphatic heterocycles. The van der Waals surface area contributed by atoms with E-state index in [1.54, 1.807) is 6.07 Å². The van der Waals surface area contributed by atoms with Gasteiger partial charge in [0.25, 0.3) is 0 Å². The number of halogens is 5. The van der Waals surface area contributed by atoms with Gasteiger partial charge in [-0.3, -0.25) is 15.1 Å². The van der Waals surface area contributed by atoms with E-state index in [2.05, 4.69) is 25.7 Å². The van der Waals surface area contributed by atoms with Crippen molar-refractivity contribution in [3.63, 3.8) is 0 Å². The molecule has 11 nitrogen and oxygen atoms in total. The third-order valence-corrected chi connectivity index (χ3v) is 5.87. The molecule has 39 heavy (non-hydrogen) atoms. The number of carbonyl (C=O) groups excluding carboxylic acids is 2. The van der Waals surface area contributed by atoms with Crippen LogP contribution in [-0.4, -0.2) is 72.5 Å². The SMILES string of the molecule is N=C(c1ccc(Cl)cc1)N(C[C@H](O)C(F)(F)F)C(=O)NCc1ncn(-c2ncccc2NC(=O)[C@@H]2C[C@H]2F)n1. The molecule has 4 rings (SSSR count). The van der Waals surface area contributed by atoms with Crippen molar-refractivity contribution in [3.05, 3.63) is 65.3 Å². The van der Waals surface area contributed by atoms with Crippen molar-refractivity contribution in [2.75, 3.05) is 11.9 Å². The van der Waals surface area contributed by atoms with Crippen molar-refractivity contribution in [1.29, 1.82) is 5.41 Å². The normalized spacial score (nSPS) is 17.3. The van der Waals surface area contributed by atoms with E-state index in [0.717, 1.165) is 0 Å². The summed E-state index contributed by atoms with van der Waals surface area (Å²) < 4.78 is 53.5. The number of aromatic nitrogens is 4. The van der Waals surface area contributed by atoms with Crippen LogP contribution in [0.3, 0.4) is 0 Å². The molecule has 0 bridgehead atoms. The number of nitrogens with one attached hydrogen (secondary N) is 3. The molecule has 0 unspecified atom stereocenters. The first-order valence-corrected chi connectivity index (χ1v) is 11.8. The quantitative estimate of drug-likeness (QED) is 0.186. The van der Waals surface area contributed by atoms with Crippen molar-refractivity contribution < 1.29 is 32.3 Å². The second kappa shape index (κ2) is 11.3. The Kier molecular flexibility index (Phi) is 8.11. The number of amidine groups is 1. The van der Waals surface area contributed by atoms with E-state index in [1.165, 1.54) is 47.5 Å². The average Bonchev–Trinajstić information content (AvgIpc) is 3.45. The van der Waals surface area contributed by atoms with Crippen molar-refractivity contribution >= 4 is 35.1 Å². The van der Waals surface area contributed by atoms with Gasteiger partial charge in [0.15, 0.2) is 17.7 Å². The number of benzene rings is 1. The van der Waals surface area contributed by atoms with Gasteiger partial charge >= 0.3 is 12.2 Å². The van der Waals surface area contributed by atoms with Gasteiger partial charge in [-0.25, -0.2) is 23.8 Å². The van der Waals surface area contributed by atoms with Gasteiger partial charge in [-0.15, -0.1) is 5.10 Å². The van der Waals surface area contributed by atoms with E-state index >= 15 is 0 Å². The van der Waals surface area contributed by atoms with E-state index < -0.39 is 48.7 Å². The minimum Gasteiger partial charge on any atom is -0.382 e. The molecule has 3 aromatic rings. The minimum absolute atomic E-state index is 0.0200. The van der Waals surface area contributed by atoms with Crippen LogP contribution in [0.15, 0.2) is 48.9 Å². The molecule has 0 radical (unpaired) electrons. The lowest BCUT2D eigenvalue weighted by atomic mass is 10.2. The number of amides is 3. The standard InChI is InChI=1S/C23H21ClF4N8O3/c24-13-5-3-12(4-6-13)19(29)35(10-17(37)23(26,27)28)22(39)31-9-18-32-11-36(34-18)20-16(2-1-7-30-20)33-21(38)14-8-15(14)25/h1-7,11,14-15,17,29,37H,8-10H2,(H,31,39)(H,33,38)/t14-,15-,17+/m1/s1. The number of pyridine rings is 1. The summed E-state index contributed by atoms with van der Waals surface area (Å²) >= 11 is 5.82. The zero-order chi connectivity index (χ0) is 28.3. The van der Waals surface area contributed by atoms with Crippen LogP contribution in [0.5, 0.6) is 0 Å². The maximum atomic E-state index is 13.2. The van der Waals surface area contributed by atoms with Crippen LogP contribution in [0.4, 0.5) is 28.0 Å². The van der Waals surface area contributed by atoms with Gasteiger partial charge in [0.1, 0.15) is 18.3 Å². The largest absolute Gasteiger partial charge is 0.416 e.